The van der Waals surface area contributed by atoms with Gasteiger partial charge in [-0.2, -0.15) is 0 Å². The summed E-state index contributed by atoms with van der Waals surface area (Å²) in [5, 5.41) is 5.77. The Labute approximate surface area is 137 Å². The van der Waals surface area contributed by atoms with Crippen LogP contribution in [0, 0.1) is 6.92 Å². The van der Waals surface area contributed by atoms with Crippen molar-refractivity contribution in [2.24, 2.45) is 0 Å². The molecule has 0 aliphatic carbocycles. The largest absolute Gasteiger partial charge is 0.352 e. The lowest BCUT2D eigenvalue weighted by molar-refractivity contribution is -0.126. The van der Waals surface area contributed by atoms with Crippen LogP contribution >= 0.6 is 11.3 Å². The summed E-state index contributed by atoms with van der Waals surface area (Å²) in [6.07, 6.45) is 2.18. The number of carbonyl (C=O) groups is 2. The summed E-state index contributed by atoms with van der Waals surface area (Å²) < 4.78 is 1.25. The molecule has 23 heavy (non-hydrogen) atoms. The lowest BCUT2D eigenvalue weighted by atomic mass is 10.2. The molecule has 2 N–H and O–H groups in total. The monoisotopic (exact) mass is 336 g/mol. The number of hydrogen-bond acceptors (Lipinski definition) is 5. The first kappa shape index (κ1) is 17.1. The Morgan fingerprint density at radius 2 is 2.13 bits per heavy atom. The molecule has 2 aromatic rings. The number of aryl methyl sites for hydroxylation is 1. The highest BCUT2D eigenvalue weighted by Gasteiger charge is 2.11. The molecule has 7 nitrogen and oxygen atoms in total. The molecule has 2 rings (SSSR count). The maximum Gasteiger partial charge on any atom is 0.262 e. The molecular formula is C15H20N4O3S. The number of thiophene rings is 1. The average Bonchev–Trinajstić information content (AvgIpc) is 2.89. The molecule has 0 aromatic carbocycles. The van der Waals surface area contributed by atoms with Gasteiger partial charge in [0.15, 0.2) is 0 Å². The zero-order valence-corrected chi connectivity index (χ0v) is 14.2. The summed E-state index contributed by atoms with van der Waals surface area (Å²) in [6, 6.07) is 1.83. The van der Waals surface area contributed by atoms with Gasteiger partial charge in [0, 0.05) is 10.9 Å². The predicted molar refractivity (Wildman–Crippen MR) is 89.5 cm³/mol. The minimum Gasteiger partial charge on any atom is -0.352 e. The number of nitrogens with one attached hydrogen (secondary N) is 2. The maximum absolute atomic E-state index is 12.3. The van der Waals surface area contributed by atoms with E-state index in [9.17, 15) is 14.4 Å². The Bertz CT molecular complexity index is 781. The number of fused-ring (bicyclic) bond motifs is 1. The number of aromatic nitrogens is 2. The van der Waals surface area contributed by atoms with Crippen LogP contribution < -0.4 is 16.2 Å². The van der Waals surface area contributed by atoms with E-state index in [4.69, 9.17) is 0 Å². The minimum absolute atomic E-state index is 0.0652. The molecule has 8 heteroatoms. The zero-order valence-electron chi connectivity index (χ0n) is 13.4. The van der Waals surface area contributed by atoms with Crippen LogP contribution in [-0.2, 0) is 16.1 Å². The van der Waals surface area contributed by atoms with Gasteiger partial charge in [0.1, 0.15) is 11.4 Å². The van der Waals surface area contributed by atoms with Gasteiger partial charge in [0.2, 0.25) is 11.8 Å². The summed E-state index contributed by atoms with van der Waals surface area (Å²) >= 11 is 1.44. The third kappa shape index (κ3) is 4.38. The molecule has 0 radical (unpaired) electrons. The smallest absolute Gasteiger partial charge is 0.262 e. The first-order valence-electron chi connectivity index (χ1n) is 7.42. The van der Waals surface area contributed by atoms with Gasteiger partial charge in [0.25, 0.3) is 5.56 Å². The fraction of sp³-hybridized carbons (Fsp3) is 0.467. The van der Waals surface area contributed by atoms with Crippen LogP contribution in [0.3, 0.4) is 0 Å². The van der Waals surface area contributed by atoms with Crippen molar-refractivity contribution in [3.8, 4) is 0 Å². The molecule has 124 valence electrons. The lowest BCUT2D eigenvalue weighted by Crippen LogP contribution is -2.42. The molecule has 2 amide bonds. The van der Waals surface area contributed by atoms with E-state index < -0.39 is 5.91 Å². The van der Waals surface area contributed by atoms with Crippen LogP contribution in [0.5, 0.6) is 0 Å². The van der Waals surface area contributed by atoms with Gasteiger partial charge >= 0.3 is 0 Å². The highest BCUT2D eigenvalue weighted by molar-refractivity contribution is 7.18. The van der Waals surface area contributed by atoms with Crippen LogP contribution in [0.4, 0.5) is 0 Å². The number of rotatable bonds is 6. The maximum atomic E-state index is 12.3. The molecule has 0 spiro atoms. The summed E-state index contributed by atoms with van der Waals surface area (Å²) in [4.78, 5) is 41.6. The second kappa shape index (κ2) is 7.36. The van der Waals surface area contributed by atoms with Crippen molar-refractivity contribution >= 4 is 33.4 Å². The summed E-state index contributed by atoms with van der Waals surface area (Å²) in [6.45, 7) is 5.49. The van der Waals surface area contributed by atoms with Crippen LogP contribution in [0.25, 0.3) is 10.2 Å². The van der Waals surface area contributed by atoms with Gasteiger partial charge in [-0.3, -0.25) is 19.0 Å². The molecule has 0 aliphatic heterocycles. The Morgan fingerprint density at radius 3 is 2.83 bits per heavy atom. The van der Waals surface area contributed by atoms with Crippen molar-refractivity contribution in [1.82, 2.24) is 20.2 Å². The summed E-state index contributed by atoms with van der Waals surface area (Å²) in [7, 11) is 0. The number of amides is 2. The molecular weight excluding hydrogens is 316 g/mol. The quantitative estimate of drug-likeness (QED) is 0.816. The van der Waals surface area contributed by atoms with E-state index in [-0.39, 0.29) is 30.6 Å². The molecule has 0 fully saturated rings. The van der Waals surface area contributed by atoms with Gasteiger partial charge in [-0.05, 0) is 26.3 Å². The predicted octanol–water partition coefficient (Wildman–Crippen LogP) is 0.797. The third-order valence-corrected chi connectivity index (χ3v) is 4.38. The normalized spacial score (nSPS) is 12.1. The number of nitrogens with zero attached hydrogens (tertiary/aromatic N) is 2. The van der Waals surface area contributed by atoms with Gasteiger partial charge in [0.05, 0.1) is 18.3 Å². The zero-order chi connectivity index (χ0) is 17.0. The fourth-order valence-electron chi connectivity index (χ4n) is 2.01. The third-order valence-electron chi connectivity index (χ3n) is 3.42. The molecule has 0 saturated carbocycles. The van der Waals surface area contributed by atoms with Gasteiger partial charge in [-0.1, -0.05) is 6.92 Å². The van der Waals surface area contributed by atoms with Crippen molar-refractivity contribution in [1.29, 1.82) is 0 Å². The Morgan fingerprint density at radius 1 is 1.39 bits per heavy atom. The van der Waals surface area contributed by atoms with Crippen LogP contribution in [-0.4, -0.2) is 34.0 Å². The van der Waals surface area contributed by atoms with E-state index in [2.05, 4.69) is 15.6 Å². The highest BCUT2D eigenvalue weighted by Crippen LogP contribution is 2.19. The van der Waals surface area contributed by atoms with Crippen molar-refractivity contribution in [3.63, 3.8) is 0 Å². The van der Waals surface area contributed by atoms with E-state index in [1.54, 1.807) is 6.07 Å². The number of hydrogen-bond donors (Lipinski definition) is 2. The van der Waals surface area contributed by atoms with Crippen molar-refractivity contribution < 1.29 is 9.59 Å². The first-order valence-corrected chi connectivity index (χ1v) is 8.24. The average molecular weight is 336 g/mol. The lowest BCUT2D eigenvalue weighted by Gasteiger charge is -2.12. The van der Waals surface area contributed by atoms with E-state index in [0.717, 1.165) is 11.3 Å². The standard InChI is InChI=1S/C15H20N4O3S/c1-4-9(2)18-12(20)6-16-13(21)7-19-8-17-14-11(15(19)22)5-10(3)23-14/h5,8-9H,4,6-7H2,1-3H3,(H,16,21)(H,18,20). The highest BCUT2D eigenvalue weighted by atomic mass is 32.1. The molecule has 2 heterocycles. The number of carbonyl (C=O) groups excluding carboxylic acids is 2. The molecule has 1 unspecified atom stereocenters. The van der Waals surface area contributed by atoms with Gasteiger partial charge < -0.3 is 10.6 Å². The van der Waals surface area contributed by atoms with Crippen LogP contribution in [0.2, 0.25) is 0 Å². The van der Waals surface area contributed by atoms with Crippen LogP contribution in [0.1, 0.15) is 25.1 Å². The molecule has 0 aliphatic rings. The second-order valence-electron chi connectivity index (χ2n) is 5.41. The minimum atomic E-state index is -0.403. The van der Waals surface area contributed by atoms with E-state index in [1.165, 1.54) is 22.2 Å². The molecule has 2 aromatic heterocycles. The summed E-state index contributed by atoms with van der Waals surface area (Å²) in [5.74, 6) is -0.651. The van der Waals surface area contributed by atoms with Crippen molar-refractivity contribution in [2.45, 2.75) is 39.8 Å². The summed E-state index contributed by atoms with van der Waals surface area (Å²) in [5.41, 5.74) is -0.251. The van der Waals surface area contributed by atoms with Crippen molar-refractivity contribution in [3.05, 3.63) is 27.6 Å². The Kier molecular flexibility index (Phi) is 5.49. The van der Waals surface area contributed by atoms with E-state index >= 15 is 0 Å². The molecule has 1 atom stereocenters. The van der Waals surface area contributed by atoms with Gasteiger partial charge in [-0.25, -0.2) is 4.98 Å². The SMILES string of the molecule is CCC(C)NC(=O)CNC(=O)Cn1cnc2sc(C)cc2c1=O. The first-order chi connectivity index (χ1) is 10.9. The Balaban J connectivity index is 1.97. The van der Waals surface area contributed by atoms with Crippen LogP contribution in [0.15, 0.2) is 17.2 Å². The van der Waals surface area contributed by atoms with Gasteiger partial charge in [-0.15, -0.1) is 11.3 Å². The van der Waals surface area contributed by atoms with E-state index in [1.807, 2.05) is 20.8 Å². The topological polar surface area (TPSA) is 93.1 Å². The Hall–Kier alpha value is -2.22. The van der Waals surface area contributed by atoms with E-state index in [0.29, 0.717) is 10.2 Å². The van der Waals surface area contributed by atoms with Crippen molar-refractivity contribution in [2.75, 3.05) is 6.54 Å². The fourth-order valence-corrected chi connectivity index (χ4v) is 2.85. The second-order valence-corrected chi connectivity index (χ2v) is 6.64. The molecule has 0 bridgehead atoms. The molecule has 0 saturated heterocycles.